The number of hydrogen-bond donors (Lipinski definition) is 2. The minimum absolute atomic E-state index is 0.137. The van der Waals surface area contributed by atoms with E-state index in [1.54, 1.807) is 42.5 Å². The summed E-state index contributed by atoms with van der Waals surface area (Å²) in [6, 6.07) is 14.9. The summed E-state index contributed by atoms with van der Waals surface area (Å²) in [7, 11) is 1.45. The van der Waals surface area contributed by atoms with E-state index in [9.17, 15) is 19.2 Å². The summed E-state index contributed by atoms with van der Waals surface area (Å²) in [5, 5.41) is 11.6. The molecule has 3 aromatic rings. The van der Waals surface area contributed by atoms with Crippen LogP contribution in [0.5, 0.6) is 11.5 Å². The van der Waals surface area contributed by atoms with Crippen LogP contribution in [0, 0.1) is 0 Å². The molecule has 4 rings (SSSR count). The fourth-order valence-corrected chi connectivity index (χ4v) is 4.15. The number of nitrogens with zero attached hydrogens (tertiary/aromatic N) is 1. The topological polar surface area (TPSA) is 122 Å². The zero-order valence-corrected chi connectivity index (χ0v) is 21.5. The van der Waals surface area contributed by atoms with Crippen LogP contribution in [-0.4, -0.2) is 36.0 Å². The quantitative estimate of drug-likeness (QED) is 0.219. The van der Waals surface area contributed by atoms with E-state index in [1.807, 2.05) is 0 Å². The molecule has 1 fully saturated rings. The lowest BCUT2D eigenvalue weighted by Gasteiger charge is -2.26. The minimum Gasteiger partial charge on any atom is -0.493 e. The van der Waals surface area contributed by atoms with E-state index in [0.29, 0.717) is 34.1 Å². The van der Waals surface area contributed by atoms with Crippen molar-refractivity contribution >= 4 is 47.2 Å². The molecule has 0 radical (unpaired) electrons. The summed E-state index contributed by atoms with van der Waals surface area (Å²) in [5.41, 5.74) is 2.00. The van der Waals surface area contributed by atoms with Gasteiger partial charge < -0.3 is 14.6 Å². The smallest absolute Gasteiger partial charge is 0.335 e. The van der Waals surface area contributed by atoms with Gasteiger partial charge in [0.2, 0.25) is 0 Å². The van der Waals surface area contributed by atoms with Crippen molar-refractivity contribution < 1.29 is 33.8 Å². The van der Waals surface area contributed by atoms with Gasteiger partial charge in [-0.05, 0) is 66.1 Å². The molecular formula is C29H23ClN2O7. The fraction of sp³-hybridized carbons (Fsp3) is 0.103. The Morgan fingerprint density at radius 3 is 2.49 bits per heavy atom. The highest BCUT2D eigenvalue weighted by Gasteiger charge is 2.37. The molecule has 0 spiro atoms. The maximum atomic E-state index is 13.2. The van der Waals surface area contributed by atoms with Crippen molar-refractivity contribution in [1.29, 1.82) is 0 Å². The summed E-state index contributed by atoms with van der Waals surface area (Å²) < 4.78 is 11.6. The van der Waals surface area contributed by atoms with Crippen LogP contribution in [0.15, 0.2) is 78.9 Å². The Hall–Kier alpha value is -4.89. The van der Waals surface area contributed by atoms with Crippen LogP contribution >= 0.6 is 11.6 Å². The third kappa shape index (κ3) is 6.00. The molecule has 0 bridgehead atoms. The minimum atomic E-state index is -1.02. The predicted molar refractivity (Wildman–Crippen MR) is 145 cm³/mol. The van der Waals surface area contributed by atoms with E-state index in [-0.39, 0.29) is 23.4 Å². The van der Waals surface area contributed by atoms with E-state index >= 15 is 0 Å². The number of halogens is 1. The van der Waals surface area contributed by atoms with Crippen LogP contribution in [0.2, 0.25) is 5.02 Å². The number of carboxylic acids is 1. The van der Waals surface area contributed by atoms with Crippen LogP contribution in [0.25, 0.3) is 6.08 Å². The number of amides is 4. The second-order valence-corrected chi connectivity index (χ2v) is 8.87. The zero-order chi connectivity index (χ0) is 28.1. The maximum Gasteiger partial charge on any atom is 0.335 e. The number of urea groups is 1. The number of nitrogens with one attached hydrogen (secondary N) is 1. The molecule has 0 aliphatic carbocycles. The molecule has 4 amide bonds. The highest BCUT2D eigenvalue weighted by Crippen LogP contribution is 2.35. The molecule has 198 valence electrons. The van der Waals surface area contributed by atoms with E-state index < -0.39 is 23.8 Å². The van der Waals surface area contributed by atoms with Gasteiger partial charge in [-0.15, -0.1) is 6.58 Å². The number of methoxy groups -OCH3 is 1. The summed E-state index contributed by atoms with van der Waals surface area (Å²) in [6.45, 7) is 3.92. The van der Waals surface area contributed by atoms with Gasteiger partial charge >= 0.3 is 12.0 Å². The summed E-state index contributed by atoms with van der Waals surface area (Å²) in [4.78, 5) is 50.3. The number of anilines is 1. The van der Waals surface area contributed by atoms with Crippen molar-refractivity contribution in [3.8, 4) is 11.5 Å². The van der Waals surface area contributed by atoms with Crippen molar-refractivity contribution in [3.63, 3.8) is 0 Å². The average molecular weight is 547 g/mol. The number of ether oxygens (including phenoxy) is 2. The first kappa shape index (κ1) is 27.2. The molecule has 10 heteroatoms. The summed E-state index contributed by atoms with van der Waals surface area (Å²) in [6.07, 6.45) is 3.41. The molecule has 39 heavy (non-hydrogen) atoms. The van der Waals surface area contributed by atoms with Crippen molar-refractivity contribution in [2.45, 2.75) is 13.0 Å². The molecule has 0 unspecified atom stereocenters. The monoisotopic (exact) mass is 546 g/mol. The maximum absolute atomic E-state index is 13.2. The number of imide groups is 2. The number of benzene rings is 3. The average Bonchev–Trinajstić information content (AvgIpc) is 2.90. The van der Waals surface area contributed by atoms with Gasteiger partial charge in [-0.2, -0.15) is 0 Å². The molecular weight excluding hydrogens is 524 g/mol. The first-order chi connectivity index (χ1) is 18.7. The number of rotatable bonds is 9. The SMILES string of the molecule is C=CCc1cc(/C=C2\C(=O)NC(=O)N(c3cccc(Cl)c3)C2=O)cc(OC)c1OCc1ccc(C(=O)O)cc1. The molecule has 1 aliphatic rings. The van der Waals surface area contributed by atoms with Crippen molar-refractivity contribution in [2.75, 3.05) is 12.0 Å². The number of carbonyl (C=O) groups is 4. The van der Waals surface area contributed by atoms with Gasteiger partial charge in [0.25, 0.3) is 11.8 Å². The molecule has 0 atom stereocenters. The van der Waals surface area contributed by atoms with Crippen molar-refractivity contribution in [1.82, 2.24) is 5.32 Å². The molecule has 1 heterocycles. The Bertz CT molecular complexity index is 1510. The lowest BCUT2D eigenvalue weighted by molar-refractivity contribution is -0.122. The number of aromatic carboxylic acids is 1. The highest BCUT2D eigenvalue weighted by atomic mass is 35.5. The Morgan fingerprint density at radius 1 is 1.10 bits per heavy atom. The molecule has 9 nitrogen and oxygen atoms in total. The molecule has 1 saturated heterocycles. The van der Waals surface area contributed by atoms with Gasteiger partial charge in [0.05, 0.1) is 18.4 Å². The molecule has 0 saturated carbocycles. The van der Waals surface area contributed by atoms with Gasteiger partial charge in [0.1, 0.15) is 12.2 Å². The van der Waals surface area contributed by atoms with E-state index in [4.69, 9.17) is 26.2 Å². The summed E-state index contributed by atoms with van der Waals surface area (Å²) in [5.74, 6) is -1.89. The van der Waals surface area contributed by atoms with Gasteiger partial charge in [0.15, 0.2) is 11.5 Å². The molecule has 3 aromatic carbocycles. The molecule has 0 aromatic heterocycles. The number of carbonyl (C=O) groups excluding carboxylic acids is 3. The lowest BCUT2D eigenvalue weighted by Crippen LogP contribution is -2.54. The number of hydrogen-bond acceptors (Lipinski definition) is 6. The Balaban J connectivity index is 1.67. The number of allylic oxidation sites excluding steroid dienone is 1. The van der Waals surface area contributed by atoms with Crippen LogP contribution < -0.4 is 19.7 Å². The van der Waals surface area contributed by atoms with Crippen LogP contribution in [-0.2, 0) is 22.6 Å². The number of carboxylic acid groups (broad SMARTS) is 1. The number of barbiturate groups is 1. The largest absolute Gasteiger partial charge is 0.493 e. The second-order valence-electron chi connectivity index (χ2n) is 8.43. The predicted octanol–water partition coefficient (Wildman–Crippen LogP) is 5.02. The Morgan fingerprint density at radius 2 is 1.85 bits per heavy atom. The zero-order valence-electron chi connectivity index (χ0n) is 20.8. The second kappa shape index (κ2) is 11.7. The first-order valence-electron chi connectivity index (χ1n) is 11.7. The third-order valence-corrected chi connectivity index (χ3v) is 6.04. The van der Waals surface area contributed by atoms with Gasteiger partial charge in [-0.3, -0.25) is 14.9 Å². The van der Waals surface area contributed by atoms with Crippen molar-refractivity contribution in [3.05, 3.63) is 106 Å². The fourth-order valence-electron chi connectivity index (χ4n) is 3.96. The summed E-state index contributed by atoms with van der Waals surface area (Å²) >= 11 is 6.03. The highest BCUT2D eigenvalue weighted by molar-refractivity contribution is 6.39. The molecule has 1 aliphatic heterocycles. The van der Waals surface area contributed by atoms with E-state index in [0.717, 1.165) is 10.5 Å². The van der Waals surface area contributed by atoms with Crippen molar-refractivity contribution in [2.24, 2.45) is 0 Å². The van der Waals surface area contributed by atoms with Crippen LogP contribution in [0.3, 0.4) is 0 Å². The van der Waals surface area contributed by atoms with E-state index in [2.05, 4.69) is 11.9 Å². The Kier molecular flexibility index (Phi) is 8.12. The normalized spacial score (nSPS) is 14.3. The Labute approximate surface area is 228 Å². The van der Waals surface area contributed by atoms with Crippen LogP contribution in [0.4, 0.5) is 10.5 Å². The lowest BCUT2D eigenvalue weighted by atomic mass is 10.0. The van der Waals surface area contributed by atoms with Gasteiger partial charge in [-0.25, -0.2) is 14.5 Å². The van der Waals surface area contributed by atoms with Gasteiger partial charge in [0, 0.05) is 10.6 Å². The molecule has 2 N–H and O–H groups in total. The van der Waals surface area contributed by atoms with E-state index in [1.165, 1.54) is 37.5 Å². The first-order valence-corrected chi connectivity index (χ1v) is 12.0. The van der Waals surface area contributed by atoms with Gasteiger partial charge in [-0.1, -0.05) is 35.9 Å². The third-order valence-electron chi connectivity index (χ3n) is 5.80. The van der Waals surface area contributed by atoms with Crippen LogP contribution in [0.1, 0.15) is 27.0 Å². The standard InChI is InChI=1S/C29H23ClN2O7/c1-3-5-20-12-18(14-24(38-2)25(20)39-16-17-8-10-19(11-9-17)28(35)36)13-23-26(33)31-29(37)32(27(23)34)22-7-4-6-21(30)15-22/h3-4,6-15H,1,5,16H2,2H3,(H,35,36)(H,31,33,37)/b23-13+.